The van der Waals surface area contributed by atoms with Gasteiger partial charge in [0.15, 0.2) is 0 Å². The summed E-state index contributed by atoms with van der Waals surface area (Å²) >= 11 is 0. The Morgan fingerprint density at radius 2 is 1.27 bits per heavy atom. The van der Waals surface area contributed by atoms with Crippen molar-refractivity contribution < 1.29 is 37.7 Å². The van der Waals surface area contributed by atoms with Crippen molar-refractivity contribution in [2.24, 2.45) is 0 Å². The van der Waals surface area contributed by atoms with E-state index in [9.17, 15) is 4.11 Å². The molecule has 0 aromatic heterocycles. The molecular formula is H4CaFO7PSi. The van der Waals surface area contributed by atoms with E-state index in [0.29, 0.717) is 0 Å². The van der Waals surface area contributed by atoms with Crippen LogP contribution in [0, 0.1) is 0 Å². The molecule has 4 N–H and O–H groups in total. The second kappa shape index (κ2) is 6.86. The zero-order valence-electron chi connectivity index (χ0n) is 5.05. The zero-order chi connectivity index (χ0) is 9.00. The molecule has 0 rings (SSSR count). The summed E-state index contributed by atoms with van der Waals surface area (Å²) in [6.07, 6.45) is 0. The van der Waals surface area contributed by atoms with E-state index in [0.717, 1.165) is 0 Å². The molecule has 11 heavy (non-hydrogen) atoms. The summed E-state index contributed by atoms with van der Waals surface area (Å²) < 4.78 is 19.2. The van der Waals surface area contributed by atoms with Gasteiger partial charge in [-0.05, 0) is 0 Å². The Morgan fingerprint density at radius 3 is 1.27 bits per heavy atom. The van der Waals surface area contributed by atoms with E-state index in [1.165, 1.54) is 0 Å². The van der Waals surface area contributed by atoms with E-state index in [1.54, 1.807) is 0 Å². The van der Waals surface area contributed by atoms with Gasteiger partial charge in [-0.3, -0.25) is 0 Å². The molecule has 0 amide bonds. The van der Waals surface area contributed by atoms with E-state index < -0.39 is 17.0 Å². The van der Waals surface area contributed by atoms with Crippen molar-refractivity contribution in [3.8, 4) is 0 Å². The smallest absolute Gasteiger partial charge is 0.790 e. The summed E-state index contributed by atoms with van der Waals surface area (Å²) in [5, 5.41) is 0. The average Bonchev–Trinajstić information content (AvgIpc) is 1.12. The van der Waals surface area contributed by atoms with Gasteiger partial charge in [0.25, 0.3) is 0 Å². The quantitative estimate of drug-likeness (QED) is 0.189. The molecule has 7 nitrogen and oxygen atoms in total. The third-order valence-corrected chi connectivity index (χ3v) is 0. The van der Waals surface area contributed by atoms with Crippen LogP contribution in [0.2, 0.25) is 0 Å². The van der Waals surface area contributed by atoms with Crippen LogP contribution in [-0.4, -0.2) is 66.2 Å². The van der Waals surface area contributed by atoms with Gasteiger partial charge in [0.1, 0.15) is 0 Å². The maximum Gasteiger partial charge on any atom is 2.00 e. The SMILES string of the molecule is O=P([O-])([O-])O.O[Si](O)(O)F.[Ca+2]. The molecule has 0 heterocycles. The molecular weight excluding hydrogens is 230 g/mol. The van der Waals surface area contributed by atoms with Gasteiger partial charge in [-0.1, -0.05) is 0 Å². The fourth-order valence-corrected chi connectivity index (χ4v) is 0. The molecule has 0 aliphatic rings. The normalized spacial score (nSPS) is 10.8. The summed E-state index contributed by atoms with van der Waals surface area (Å²) in [6.45, 7) is 0. The third-order valence-electron chi connectivity index (χ3n) is 0. The predicted molar refractivity (Wildman–Crippen MR) is 29.1 cm³/mol. The van der Waals surface area contributed by atoms with Crippen molar-refractivity contribution in [2.45, 2.75) is 0 Å². The molecule has 11 heteroatoms. The van der Waals surface area contributed by atoms with Gasteiger partial charge in [0, 0.05) is 0 Å². The molecule has 0 atom stereocenters. The molecule has 0 aliphatic heterocycles. The van der Waals surface area contributed by atoms with Gasteiger partial charge < -0.3 is 33.6 Å². The molecule has 0 saturated carbocycles. The van der Waals surface area contributed by atoms with Crippen LogP contribution in [0.5, 0.6) is 0 Å². The molecule has 0 aliphatic carbocycles. The molecule has 0 saturated heterocycles. The minimum atomic E-state index is -5.14. The minimum absolute atomic E-state index is 0. The predicted octanol–water partition coefficient (Wildman–Crippen LogP) is -4.21. The van der Waals surface area contributed by atoms with Crippen molar-refractivity contribution in [1.29, 1.82) is 0 Å². The molecule has 0 fully saturated rings. The third kappa shape index (κ3) is 516. The zero-order valence-corrected chi connectivity index (χ0v) is 9.15. The van der Waals surface area contributed by atoms with Gasteiger partial charge >= 0.3 is 46.9 Å². The Morgan fingerprint density at radius 1 is 1.27 bits per heavy atom. The molecule has 0 bridgehead atoms. The van der Waals surface area contributed by atoms with Crippen LogP contribution >= 0.6 is 7.82 Å². The topological polar surface area (TPSA) is 144 Å². The van der Waals surface area contributed by atoms with E-state index in [-0.39, 0.29) is 37.7 Å². The summed E-state index contributed by atoms with van der Waals surface area (Å²) in [4.78, 5) is 45.6. The van der Waals surface area contributed by atoms with E-state index in [4.69, 9.17) is 33.6 Å². The first-order chi connectivity index (χ1) is 4.00. The molecule has 0 unspecified atom stereocenters. The Hall–Kier alpha value is 1.40. The van der Waals surface area contributed by atoms with Crippen molar-refractivity contribution in [3.05, 3.63) is 0 Å². The number of hydrogen-bond acceptors (Lipinski definition) is 6. The monoisotopic (exact) mass is 234 g/mol. The van der Waals surface area contributed by atoms with E-state index in [1.807, 2.05) is 0 Å². The average molecular weight is 234 g/mol. The second-order valence-corrected chi connectivity index (χ2v) is 3.07. The fourth-order valence-electron chi connectivity index (χ4n) is 0. The van der Waals surface area contributed by atoms with Crippen LogP contribution in [0.4, 0.5) is 4.11 Å². The van der Waals surface area contributed by atoms with Gasteiger partial charge in [0.2, 0.25) is 0 Å². The fraction of sp³-hybridized carbons (Fsp3) is 0. The van der Waals surface area contributed by atoms with E-state index in [2.05, 4.69) is 0 Å². The Balaban J connectivity index is -0.000000107. The van der Waals surface area contributed by atoms with Gasteiger partial charge in [0.05, 0.1) is 7.82 Å². The van der Waals surface area contributed by atoms with Gasteiger partial charge in [-0.25, -0.2) is 4.11 Å². The van der Waals surface area contributed by atoms with Crippen LogP contribution in [0.15, 0.2) is 0 Å². The number of halogens is 1. The van der Waals surface area contributed by atoms with E-state index >= 15 is 0 Å². The minimum Gasteiger partial charge on any atom is -0.790 e. The summed E-state index contributed by atoms with van der Waals surface area (Å²) in [5.74, 6) is 0. The summed E-state index contributed by atoms with van der Waals surface area (Å²) in [7, 11) is -10.2. The first kappa shape index (κ1) is 18.2. The van der Waals surface area contributed by atoms with Crippen molar-refractivity contribution in [1.82, 2.24) is 0 Å². The maximum atomic E-state index is 10.5. The molecule has 64 valence electrons. The summed E-state index contributed by atoms with van der Waals surface area (Å²) in [5.41, 5.74) is 0. The Bertz CT molecular complexity index is 111. The van der Waals surface area contributed by atoms with Gasteiger partial charge in [-0.15, -0.1) is 0 Å². The number of phosphoric acid groups is 1. The number of hydrogen-bond donors (Lipinski definition) is 4. The molecule has 0 spiro atoms. The van der Waals surface area contributed by atoms with Crippen LogP contribution in [-0.2, 0) is 4.57 Å². The van der Waals surface area contributed by atoms with Crippen LogP contribution in [0.3, 0.4) is 0 Å². The molecule has 0 aromatic rings. The molecule has 0 radical (unpaired) electrons. The molecule has 0 aromatic carbocycles. The second-order valence-electron chi connectivity index (χ2n) is 1.02. The van der Waals surface area contributed by atoms with Crippen molar-refractivity contribution in [3.63, 3.8) is 0 Å². The largest absolute Gasteiger partial charge is 2.00 e. The van der Waals surface area contributed by atoms with Crippen LogP contribution in [0.25, 0.3) is 0 Å². The van der Waals surface area contributed by atoms with Crippen LogP contribution < -0.4 is 9.79 Å². The standard InChI is InChI=1S/Ca.FH3O3Si.H3O4P/c;2*1-5(2,3)4/h;2-4H;(H3,1,2,3,4)/q+2;;/p-2. The van der Waals surface area contributed by atoms with Gasteiger partial charge in [-0.2, -0.15) is 0 Å². The Labute approximate surface area is 91.9 Å². The number of rotatable bonds is 0. The van der Waals surface area contributed by atoms with Crippen LogP contribution in [0.1, 0.15) is 0 Å². The summed E-state index contributed by atoms with van der Waals surface area (Å²) in [6, 6.07) is 0. The Kier molecular flexibility index (Phi) is 11.4. The first-order valence-corrected chi connectivity index (χ1v) is 4.82. The maximum absolute atomic E-state index is 10.5. The van der Waals surface area contributed by atoms with Crippen molar-refractivity contribution in [2.75, 3.05) is 0 Å². The van der Waals surface area contributed by atoms with Crippen molar-refractivity contribution >= 4 is 54.7 Å². The first-order valence-electron chi connectivity index (χ1n) is 1.61.